The molecule has 2 rings (SSSR count). The Balaban J connectivity index is 1.94. The second-order valence-corrected chi connectivity index (χ2v) is 3.39. The standard InChI is InChI=1S/C10H11FNO/c11-9-3-1-2-8(4-9)5-12-6-10(13)7-12/h1-2,4,10,13H,5-7H2. The predicted octanol–water partition coefficient (Wildman–Crippen LogP) is 0.802. The highest BCUT2D eigenvalue weighted by Crippen LogP contribution is 2.13. The Bertz CT molecular complexity index is 297. The van der Waals surface area contributed by atoms with Gasteiger partial charge in [-0.2, -0.15) is 0 Å². The summed E-state index contributed by atoms with van der Waals surface area (Å²) < 4.78 is 12.7. The Hall–Kier alpha value is -0.930. The van der Waals surface area contributed by atoms with Gasteiger partial charge in [-0.05, 0) is 11.6 Å². The Morgan fingerprint density at radius 1 is 1.62 bits per heavy atom. The van der Waals surface area contributed by atoms with Gasteiger partial charge in [0.2, 0.25) is 0 Å². The molecular formula is C10H11FNO. The number of benzene rings is 1. The van der Waals surface area contributed by atoms with Crippen LogP contribution in [0.1, 0.15) is 5.56 Å². The van der Waals surface area contributed by atoms with Crippen molar-refractivity contribution in [2.45, 2.75) is 12.6 Å². The minimum absolute atomic E-state index is 0.194. The van der Waals surface area contributed by atoms with Crippen LogP contribution in [0.15, 0.2) is 18.2 Å². The molecule has 69 valence electrons. The van der Waals surface area contributed by atoms with Gasteiger partial charge in [-0.15, -0.1) is 0 Å². The van der Waals surface area contributed by atoms with Crippen LogP contribution in [0.25, 0.3) is 0 Å². The Morgan fingerprint density at radius 2 is 2.38 bits per heavy atom. The SMILES string of the molecule is OC1CN(Cc2cc[c]c(F)c2)C1. The van der Waals surface area contributed by atoms with Crippen LogP contribution in [0, 0.1) is 11.9 Å². The molecule has 1 fully saturated rings. The van der Waals surface area contributed by atoms with Gasteiger partial charge < -0.3 is 5.11 Å². The molecule has 0 amide bonds. The lowest BCUT2D eigenvalue weighted by Gasteiger charge is -2.35. The summed E-state index contributed by atoms with van der Waals surface area (Å²) in [5.41, 5.74) is 0.933. The lowest BCUT2D eigenvalue weighted by molar-refractivity contribution is -0.00289. The molecule has 0 bridgehead atoms. The number of rotatable bonds is 2. The molecule has 1 aromatic rings. The topological polar surface area (TPSA) is 23.5 Å². The molecule has 1 radical (unpaired) electrons. The lowest BCUT2D eigenvalue weighted by atomic mass is 10.1. The minimum Gasteiger partial charge on any atom is -0.390 e. The van der Waals surface area contributed by atoms with Crippen LogP contribution in [0.3, 0.4) is 0 Å². The molecule has 1 aromatic carbocycles. The number of aliphatic hydroxyl groups excluding tert-OH is 1. The highest BCUT2D eigenvalue weighted by atomic mass is 19.1. The maximum atomic E-state index is 12.7. The summed E-state index contributed by atoms with van der Waals surface area (Å²) in [4.78, 5) is 2.07. The van der Waals surface area contributed by atoms with Gasteiger partial charge in [-0.3, -0.25) is 4.90 Å². The van der Waals surface area contributed by atoms with Crippen molar-refractivity contribution in [2.75, 3.05) is 13.1 Å². The van der Waals surface area contributed by atoms with Gasteiger partial charge in [0.25, 0.3) is 0 Å². The van der Waals surface area contributed by atoms with Crippen molar-refractivity contribution >= 4 is 0 Å². The van der Waals surface area contributed by atoms with E-state index in [-0.39, 0.29) is 11.9 Å². The molecule has 0 unspecified atom stereocenters. The first-order valence-electron chi connectivity index (χ1n) is 4.30. The van der Waals surface area contributed by atoms with Crippen molar-refractivity contribution in [3.63, 3.8) is 0 Å². The first-order chi connectivity index (χ1) is 6.24. The van der Waals surface area contributed by atoms with Gasteiger partial charge in [-0.1, -0.05) is 12.1 Å². The van der Waals surface area contributed by atoms with Gasteiger partial charge in [0.1, 0.15) is 5.82 Å². The highest BCUT2D eigenvalue weighted by molar-refractivity contribution is 5.15. The molecule has 0 spiro atoms. The van der Waals surface area contributed by atoms with Crippen LogP contribution in [-0.2, 0) is 6.54 Å². The fourth-order valence-corrected chi connectivity index (χ4v) is 1.51. The molecule has 1 aliphatic heterocycles. The zero-order valence-corrected chi connectivity index (χ0v) is 7.20. The van der Waals surface area contributed by atoms with Crippen LogP contribution in [0.4, 0.5) is 4.39 Å². The van der Waals surface area contributed by atoms with Gasteiger partial charge >= 0.3 is 0 Å². The number of likely N-dealkylation sites (tertiary alicyclic amines) is 1. The van der Waals surface area contributed by atoms with E-state index in [0.717, 1.165) is 5.56 Å². The summed E-state index contributed by atoms with van der Waals surface area (Å²) in [7, 11) is 0. The molecule has 1 N–H and O–H groups in total. The van der Waals surface area contributed by atoms with E-state index >= 15 is 0 Å². The number of hydrogen-bond donors (Lipinski definition) is 1. The van der Waals surface area contributed by atoms with E-state index < -0.39 is 0 Å². The molecule has 0 aromatic heterocycles. The number of aliphatic hydroxyl groups is 1. The molecular weight excluding hydrogens is 169 g/mol. The number of halogens is 1. The van der Waals surface area contributed by atoms with E-state index in [0.29, 0.717) is 19.6 Å². The van der Waals surface area contributed by atoms with Gasteiger partial charge in [0.05, 0.1) is 6.10 Å². The fourth-order valence-electron chi connectivity index (χ4n) is 1.51. The number of hydrogen-bond acceptors (Lipinski definition) is 2. The third-order valence-corrected chi connectivity index (χ3v) is 2.17. The van der Waals surface area contributed by atoms with Crippen molar-refractivity contribution in [1.82, 2.24) is 4.90 Å². The van der Waals surface area contributed by atoms with E-state index in [1.807, 2.05) is 6.07 Å². The fraction of sp³-hybridized carbons (Fsp3) is 0.400. The number of β-amino-alcohol motifs (C(OH)–C–C–N with tert-alkyl or cyclic N) is 1. The van der Waals surface area contributed by atoms with Crippen LogP contribution in [0.5, 0.6) is 0 Å². The predicted molar refractivity (Wildman–Crippen MR) is 46.5 cm³/mol. The molecule has 0 saturated carbocycles. The third-order valence-electron chi connectivity index (χ3n) is 2.17. The quantitative estimate of drug-likeness (QED) is 0.727. The van der Waals surface area contributed by atoms with Crippen LogP contribution in [-0.4, -0.2) is 29.2 Å². The smallest absolute Gasteiger partial charge is 0.131 e. The van der Waals surface area contributed by atoms with Crippen molar-refractivity contribution in [3.05, 3.63) is 35.6 Å². The summed E-state index contributed by atoms with van der Waals surface area (Å²) in [5, 5.41) is 9.03. The Kier molecular flexibility index (Phi) is 2.29. The minimum atomic E-state index is -0.321. The largest absolute Gasteiger partial charge is 0.390 e. The maximum Gasteiger partial charge on any atom is 0.131 e. The van der Waals surface area contributed by atoms with Crippen LogP contribution in [0.2, 0.25) is 0 Å². The summed E-state index contributed by atoms with van der Waals surface area (Å²) in [5.74, 6) is -0.321. The van der Waals surface area contributed by atoms with Gasteiger partial charge in [-0.25, -0.2) is 4.39 Å². The van der Waals surface area contributed by atoms with Crippen molar-refractivity contribution in [2.24, 2.45) is 0 Å². The summed E-state index contributed by atoms with van der Waals surface area (Å²) >= 11 is 0. The zero-order chi connectivity index (χ0) is 9.26. The Labute approximate surface area is 76.6 Å². The molecule has 1 aliphatic rings. The van der Waals surface area contributed by atoms with E-state index in [9.17, 15) is 4.39 Å². The van der Waals surface area contributed by atoms with Crippen molar-refractivity contribution in [1.29, 1.82) is 0 Å². The van der Waals surface area contributed by atoms with Gasteiger partial charge in [0, 0.05) is 25.7 Å². The highest BCUT2D eigenvalue weighted by Gasteiger charge is 2.23. The molecule has 1 heterocycles. The first-order valence-corrected chi connectivity index (χ1v) is 4.30. The summed E-state index contributed by atoms with van der Waals surface area (Å²) in [6.45, 7) is 2.10. The molecule has 0 aliphatic carbocycles. The molecule has 2 nitrogen and oxygen atoms in total. The maximum absolute atomic E-state index is 12.7. The summed E-state index contributed by atoms with van der Waals surface area (Å²) in [6.07, 6.45) is -0.194. The number of nitrogens with zero attached hydrogens (tertiary/aromatic N) is 1. The molecule has 0 atom stereocenters. The summed E-state index contributed by atoms with van der Waals surface area (Å²) in [6, 6.07) is 7.36. The van der Waals surface area contributed by atoms with Gasteiger partial charge in [0.15, 0.2) is 0 Å². The third kappa shape index (κ3) is 2.05. The monoisotopic (exact) mass is 180 g/mol. The average molecular weight is 180 g/mol. The zero-order valence-electron chi connectivity index (χ0n) is 7.20. The first kappa shape index (κ1) is 8.66. The van der Waals surface area contributed by atoms with E-state index in [1.165, 1.54) is 6.07 Å². The lowest BCUT2D eigenvalue weighted by Crippen LogP contribution is -2.49. The Morgan fingerprint density at radius 3 is 3.00 bits per heavy atom. The van der Waals surface area contributed by atoms with Crippen LogP contribution < -0.4 is 0 Å². The average Bonchev–Trinajstić information content (AvgIpc) is 2.01. The normalized spacial score (nSPS) is 18.6. The molecule has 3 heteroatoms. The van der Waals surface area contributed by atoms with Crippen molar-refractivity contribution in [3.8, 4) is 0 Å². The van der Waals surface area contributed by atoms with Crippen molar-refractivity contribution < 1.29 is 9.50 Å². The van der Waals surface area contributed by atoms with E-state index in [2.05, 4.69) is 11.0 Å². The van der Waals surface area contributed by atoms with Crippen LogP contribution >= 0.6 is 0 Å². The van der Waals surface area contributed by atoms with E-state index in [1.54, 1.807) is 6.07 Å². The van der Waals surface area contributed by atoms with E-state index in [4.69, 9.17) is 5.11 Å². The molecule has 13 heavy (non-hydrogen) atoms. The molecule has 1 saturated heterocycles. The second-order valence-electron chi connectivity index (χ2n) is 3.39. The second kappa shape index (κ2) is 3.44.